The number of carbonyl (C=O) groups excluding carboxylic acids is 1. The molecule has 84 valence electrons. The van der Waals surface area contributed by atoms with Gasteiger partial charge in [-0.05, 0) is 30.5 Å². The van der Waals surface area contributed by atoms with Crippen molar-refractivity contribution in [2.75, 3.05) is 0 Å². The quantitative estimate of drug-likeness (QED) is 0.824. The van der Waals surface area contributed by atoms with Crippen LogP contribution >= 0.6 is 23.2 Å². The highest BCUT2D eigenvalue weighted by Crippen LogP contribution is 2.45. The summed E-state index contributed by atoms with van der Waals surface area (Å²) >= 11 is 11.8. The van der Waals surface area contributed by atoms with E-state index in [1.54, 1.807) is 12.1 Å². The van der Waals surface area contributed by atoms with Crippen molar-refractivity contribution in [2.24, 2.45) is 0 Å². The first kappa shape index (κ1) is 11.6. The lowest BCUT2D eigenvalue weighted by Crippen LogP contribution is -2.43. The lowest BCUT2D eigenvalue weighted by atomic mass is 9.62. The molecule has 0 radical (unpaired) electrons. The molecule has 4 heteroatoms. The third kappa shape index (κ3) is 1.66. The first-order valence-electron chi connectivity index (χ1n) is 5.10. The van der Waals surface area contributed by atoms with E-state index in [1.807, 2.05) is 6.07 Å². The Morgan fingerprint density at radius 3 is 2.44 bits per heavy atom. The zero-order chi connectivity index (χ0) is 11.8. The van der Waals surface area contributed by atoms with Gasteiger partial charge in [0, 0.05) is 0 Å². The van der Waals surface area contributed by atoms with E-state index in [-0.39, 0.29) is 5.78 Å². The van der Waals surface area contributed by atoms with Crippen LogP contribution in [0.3, 0.4) is 0 Å². The van der Waals surface area contributed by atoms with Crippen LogP contribution in [0, 0.1) is 5.41 Å². The molecule has 0 spiro atoms. The molecule has 1 aliphatic carbocycles. The number of rotatable bonds is 3. The average Bonchev–Trinajstić information content (AvgIpc) is 2.21. The Bertz CT molecular complexity index is 452. The minimum absolute atomic E-state index is 0.142. The molecule has 0 saturated heterocycles. The van der Waals surface area contributed by atoms with Crippen molar-refractivity contribution in [3.63, 3.8) is 0 Å². The number of nitrogens with one attached hydrogen (secondary N) is 1. The van der Waals surface area contributed by atoms with Crippen LogP contribution in [-0.2, 0) is 10.2 Å². The molecule has 0 atom stereocenters. The topological polar surface area (TPSA) is 40.9 Å². The molecule has 1 aliphatic rings. The molecule has 0 unspecified atom stereocenters. The van der Waals surface area contributed by atoms with Crippen molar-refractivity contribution in [3.05, 3.63) is 33.8 Å². The molecule has 0 bridgehead atoms. The average molecular weight is 256 g/mol. The van der Waals surface area contributed by atoms with Gasteiger partial charge in [-0.3, -0.25) is 4.79 Å². The molecule has 0 aliphatic heterocycles. The molecule has 1 fully saturated rings. The molecule has 1 N–H and O–H groups in total. The maximum Gasteiger partial charge on any atom is 0.183 e. The maximum absolute atomic E-state index is 11.8. The lowest BCUT2D eigenvalue weighted by molar-refractivity contribution is -0.120. The van der Waals surface area contributed by atoms with E-state index < -0.39 is 5.41 Å². The van der Waals surface area contributed by atoms with Gasteiger partial charge in [-0.2, -0.15) is 0 Å². The van der Waals surface area contributed by atoms with E-state index in [0.29, 0.717) is 10.0 Å². The second kappa shape index (κ2) is 4.19. The van der Waals surface area contributed by atoms with Gasteiger partial charge in [0.1, 0.15) is 0 Å². The predicted octanol–water partition coefficient (Wildman–Crippen LogP) is 3.63. The van der Waals surface area contributed by atoms with E-state index in [0.717, 1.165) is 31.0 Å². The molecule has 1 aromatic carbocycles. The Balaban J connectivity index is 2.44. The highest BCUT2D eigenvalue weighted by Gasteiger charge is 2.44. The minimum atomic E-state index is -0.518. The molecule has 2 rings (SSSR count). The summed E-state index contributed by atoms with van der Waals surface area (Å²) in [5.74, 6) is -0.142. The standard InChI is InChI=1S/C12H11Cl2NO/c13-9-3-2-8(6-10(9)14)12(4-1-5-12)11(16)7-15/h2-3,6-7,15H,1,4-5H2. The van der Waals surface area contributed by atoms with E-state index >= 15 is 0 Å². The molecule has 1 saturated carbocycles. The van der Waals surface area contributed by atoms with E-state index in [1.165, 1.54) is 0 Å². The second-order valence-electron chi connectivity index (χ2n) is 4.07. The number of Topliss-reactive ketones (excluding diaryl/α,β-unsaturated/α-hetero) is 1. The highest BCUT2D eigenvalue weighted by atomic mass is 35.5. The Hall–Kier alpha value is -0.860. The Labute approximate surface area is 104 Å². The van der Waals surface area contributed by atoms with Crippen molar-refractivity contribution in [2.45, 2.75) is 24.7 Å². The fraction of sp³-hybridized carbons (Fsp3) is 0.333. The number of carbonyl (C=O) groups is 1. The SMILES string of the molecule is N=CC(=O)C1(c2ccc(Cl)c(Cl)c2)CCC1. The summed E-state index contributed by atoms with van der Waals surface area (Å²) in [6.07, 6.45) is 3.50. The molecule has 16 heavy (non-hydrogen) atoms. The van der Waals surface area contributed by atoms with Crippen molar-refractivity contribution >= 4 is 35.2 Å². The number of benzene rings is 1. The second-order valence-corrected chi connectivity index (χ2v) is 4.89. The van der Waals surface area contributed by atoms with Crippen LogP contribution in [0.2, 0.25) is 10.0 Å². The van der Waals surface area contributed by atoms with Gasteiger partial charge in [-0.1, -0.05) is 35.7 Å². The monoisotopic (exact) mass is 255 g/mol. The lowest BCUT2D eigenvalue weighted by Gasteiger charge is -2.39. The molecule has 2 nitrogen and oxygen atoms in total. The largest absolute Gasteiger partial charge is 0.305 e. The number of halogens is 2. The van der Waals surface area contributed by atoms with Crippen LogP contribution in [0.25, 0.3) is 0 Å². The molecular formula is C12H11Cl2NO. The van der Waals surface area contributed by atoms with Crippen LogP contribution in [0.4, 0.5) is 0 Å². The van der Waals surface area contributed by atoms with Gasteiger partial charge >= 0.3 is 0 Å². The summed E-state index contributed by atoms with van der Waals surface area (Å²) in [6.45, 7) is 0. The summed E-state index contributed by atoms with van der Waals surface area (Å²) in [5, 5.41) is 8.06. The summed E-state index contributed by atoms with van der Waals surface area (Å²) < 4.78 is 0. The van der Waals surface area contributed by atoms with Gasteiger partial charge in [0.2, 0.25) is 0 Å². The Morgan fingerprint density at radius 1 is 1.31 bits per heavy atom. The third-order valence-corrected chi connectivity index (χ3v) is 4.02. The van der Waals surface area contributed by atoms with Gasteiger partial charge in [0.15, 0.2) is 5.78 Å². The molecule has 0 amide bonds. The third-order valence-electron chi connectivity index (χ3n) is 3.28. The van der Waals surface area contributed by atoms with Crippen LogP contribution in [0.15, 0.2) is 18.2 Å². The van der Waals surface area contributed by atoms with Gasteiger partial charge in [0.25, 0.3) is 0 Å². The van der Waals surface area contributed by atoms with Crippen molar-refractivity contribution < 1.29 is 4.79 Å². The summed E-state index contributed by atoms with van der Waals surface area (Å²) in [4.78, 5) is 11.8. The molecule has 0 heterocycles. The van der Waals surface area contributed by atoms with Gasteiger partial charge in [-0.15, -0.1) is 0 Å². The summed E-state index contributed by atoms with van der Waals surface area (Å²) in [7, 11) is 0. The zero-order valence-corrected chi connectivity index (χ0v) is 10.1. The van der Waals surface area contributed by atoms with Crippen LogP contribution < -0.4 is 0 Å². The molecular weight excluding hydrogens is 245 g/mol. The van der Waals surface area contributed by atoms with E-state index in [2.05, 4.69) is 0 Å². The fourth-order valence-electron chi connectivity index (χ4n) is 2.14. The highest BCUT2D eigenvalue weighted by molar-refractivity contribution is 6.42. The van der Waals surface area contributed by atoms with Crippen LogP contribution in [-0.4, -0.2) is 12.0 Å². The predicted molar refractivity (Wildman–Crippen MR) is 65.8 cm³/mol. The summed E-state index contributed by atoms with van der Waals surface area (Å²) in [5.41, 5.74) is 0.359. The number of hydrogen-bond donors (Lipinski definition) is 1. The van der Waals surface area contributed by atoms with Gasteiger partial charge in [0.05, 0.1) is 21.7 Å². The fourth-order valence-corrected chi connectivity index (χ4v) is 2.44. The van der Waals surface area contributed by atoms with Crippen molar-refractivity contribution in [3.8, 4) is 0 Å². The first-order valence-corrected chi connectivity index (χ1v) is 5.86. The summed E-state index contributed by atoms with van der Waals surface area (Å²) in [6, 6.07) is 5.27. The number of hydrogen-bond acceptors (Lipinski definition) is 2. The maximum atomic E-state index is 11.8. The molecule has 1 aromatic rings. The Kier molecular flexibility index (Phi) is 3.04. The first-order chi connectivity index (χ1) is 7.60. The van der Waals surface area contributed by atoms with Crippen LogP contribution in [0.5, 0.6) is 0 Å². The normalized spacial score (nSPS) is 17.6. The number of ketones is 1. The van der Waals surface area contributed by atoms with Crippen molar-refractivity contribution in [1.29, 1.82) is 5.41 Å². The molecule has 0 aromatic heterocycles. The van der Waals surface area contributed by atoms with Gasteiger partial charge in [-0.25, -0.2) is 0 Å². The van der Waals surface area contributed by atoms with E-state index in [9.17, 15) is 4.79 Å². The Morgan fingerprint density at radius 2 is 2.00 bits per heavy atom. The van der Waals surface area contributed by atoms with E-state index in [4.69, 9.17) is 28.6 Å². The van der Waals surface area contributed by atoms with Gasteiger partial charge < -0.3 is 5.41 Å². The van der Waals surface area contributed by atoms with Crippen LogP contribution in [0.1, 0.15) is 24.8 Å². The smallest absolute Gasteiger partial charge is 0.183 e. The zero-order valence-electron chi connectivity index (χ0n) is 8.59. The minimum Gasteiger partial charge on any atom is -0.305 e. The van der Waals surface area contributed by atoms with Crippen molar-refractivity contribution in [1.82, 2.24) is 0 Å².